The molecule has 3 rings (SSSR count). The lowest BCUT2D eigenvalue weighted by molar-refractivity contribution is 0.189. The van der Waals surface area contributed by atoms with E-state index in [4.69, 9.17) is 9.25 Å². The largest absolute Gasteiger partial charge is 0.441 e. The summed E-state index contributed by atoms with van der Waals surface area (Å²) in [6.45, 7) is 0.519. The van der Waals surface area contributed by atoms with Gasteiger partial charge < -0.3 is 4.42 Å². The Balaban J connectivity index is 1.57. The van der Waals surface area contributed by atoms with Gasteiger partial charge in [-0.05, 0) is 30.5 Å². The maximum atomic E-state index is 11.4. The van der Waals surface area contributed by atoms with Crippen molar-refractivity contribution < 1.29 is 9.25 Å². The van der Waals surface area contributed by atoms with Crippen LogP contribution in [0.25, 0.3) is 11.0 Å². The first kappa shape index (κ1) is 14.3. The monoisotopic (exact) mass is 296 g/mol. The van der Waals surface area contributed by atoms with Crippen LogP contribution in [0.2, 0.25) is 0 Å². The summed E-state index contributed by atoms with van der Waals surface area (Å²) < 4.78 is 5.03. The number of hydrogen-bond acceptors (Lipinski definition) is 5. The van der Waals surface area contributed by atoms with Crippen molar-refractivity contribution in [2.24, 2.45) is 0 Å². The predicted molar refractivity (Wildman–Crippen MR) is 84.6 cm³/mol. The molecule has 22 heavy (non-hydrogen) atoms. The van der Waals surface area contributed by atoms with Gasteiger partial charge in [-0.2, -0.15) is 4.98 Å². The number of nitrogens with zero attached hydrogens (tertiary/aromatic N) is 1. The summed E-state index contributed by atoms with van der Waals surface area (Å²) in [6, 6.07) is 17.4. The van der Waals surface area contributed by atoms with Crippen LogP contribution < -0.4 is 11.2 Å². The summed E-state index contributed by atoms with van der Waals surface area (Å²) in [6.07, 6.45) is 1.81. The lowest BCUT2D eigenvalue weighted by Gasteiger charge is -2.07. The highest BCUT2D eigenvalue weighted by Gasteiger charge is 2.06. The second kappa shape index (κ2) is 6.87. The van der Waals surface area contributed by atoms with Gasteiger partial charge in [-0.1, -0.05) is 42.5 Å². The van der Waals surface area contributed by atoms with Crippen molar-refractivity contribution in [3.63, 3.8) is 0 Å². The van der Waals surface area contributed by atoms with Gasteiger partial charge in [0, 0.05) is 0 Å². The molecule has 1 aromatic heterocycles. The van der Waals surface area contributed by atoms with Crippen LogP contribution in [0.1, 0.15) is 12.0 Å². The molecule has 5 heteroatoms. The molecule has 5 nitrogen and oxygen atoms in total. The van der Waals surface area contributed by atoms with Crippen molar-refractivity contribution >= 4 is 16.8 Å². The van der Waals surface area contributed by atoms with Gasteiger partial charge in [-0.3, -0.25) is 4.84 Å². The summed E-state index contributed by atoms with van der Waals surface area (Å²) >= 11 is 0. The first-order chi connectivity index (χ1) is 10.8. The van der Waals surface area contributed by atoms with E-state index in [1.807, 2.05) is 30.3 Å². The van der Waals surface area contributed by atoms with Crippen LogP contribution in [0.4, 0.5) is 5.82 Å². The Hall–Kier alpha value is -2.66. The number of para-hydroxylation sites is 1. The molecule has 0 aliphatic carbocycles. The molecule has 0 spiro atoms. The van der Waals surface area contributed by atoms with Gasteiger partial charge in [0.05, 0.1) is 12.0 Å². The van der Waals surface area contributed by atoms with E-state index in [-0.39, 0.29) is 0 Å². The van der Waals surface area contributed by atoms with E-state index in [2.05, 4.69) is 22.6 Å². The minimum absolute atomic E-state index is 0.381. The number of aryl methyl sites for hydroxylation is 1. The molecular weight excluding hydrogens is 280 g/mol. The first-order valence-corrected chi connectivity index (χ1v) is 7.14. The Morgan fingerprint density at radius 2 is 1.82 bits per heavy atom. The van der Waals surface area contributed by atoms with Crippen LogP contribution >= 0.6 is 0 Å². The molecule has 0 atom stereocenters. The molecule has 0 unspecified atom stereocenters. The molecule has 1 N–H and O–H groups in total. The average molecular weight is 296 g/mol. The highest BCUT2D eigenvalue weighted by molar-refractivity contribution is 5.86. The number of nitrogens with one attached hydrogen (secondary N) is 1. The fourth-order valence-electron chi connectivity index (χ4n) is 2.21. The lowest BCUT2D eigenvalue weighted by Crippen LogP contribution is -2.11. The molecular formula is C17H16N2O3. The molecule has 112 valence electrons. The number of rotatable bonds is 6. The van der Waals surface area contributed by atoms with Crippen LogP contribution in [-0.2, 0) is 11.3 Å². The van der Waals surface area contributed by atoms with Crippen molar-refractivity contribution in [3.05, 3.63) is 70.7 Å². The molecule has 0 aliphatic rings. The SMILES string of the molecule is O=c1nc(NOCCCc2ccccc2)c2ccccc2o1. The molecule has 0 fully saturated rings. The normalized spacial score (nSPS) is 10.7. The van der Waals surface area contributed by atoms with E-state index in [1.165, 1.54) is 5.56 Å². The zero-order valence-corrected chi connectivity index (χ0v) is 12.0. The van der Waals surface area contributed by atoms with Crippen molar-refractivity contribution in [1.29, 1.82) is 0 Å². The van der Waals surface area contributed by atoms with Crippen molar-refractivity contribution in [3.8, 4) is 0 Å². The zero-order valence-electron chi connectivity index (χ0n) is 12.0. The van der Waals surface area contributed by atoms with E-state index >= 15 is 0 Å². The fourth-order valence-corrected chi connectivity index (χ4v) is 2.21. The van der Waals surface area contributed by atoms with Crippen molar-refractivity contribution in [2.45, 2.75) is 12.8 Å². The van der Waals surface area contributed by atoms with Crippen LogP contribution in [0.15, 0.2) is 63.8 Å². The topological polar surface area (TPSA) is 64.4 Å². The third-order valence-corrected chi connectivity index (χ3v) is 3.27. The van der Waals surface area contributed by atoms with E-state index in [0.29, 0.717) is 23.4 Å². The van der Waals surface area contributed by atoms with Gasteiger partial charge in [0.15, 0.2) is 5.82 Å². The quantitative estimate of drug-likeness (QED) is 0.559. The summed E-state index contributed by atoms with van der Waals surface area (Å²) in [7, 11) is 0. The molecule has 0 radical (unpaired) electrons. The summed E-state index contributed by atoms with van der Waals surface area (Å²) in [5.74, 6) is -0.263. The van der Waals surface area contributed by atoms with Gasteiger partial charge in [0.25, 0.3) is 0 Å². The van der Waals surface area contributed by atoms with Gasteiger partial charge in [0.1, 0.15) is 5.58 Å². The van der Waals surface area contributed by atoms with Crippen LogP contribution in [0.3, 0.4) is 0 Å². The van der Waals surface area contributed by atoms with Gasteiger partial charge in [0.2, 0.25) is 0 Å². The molecule has 1 heterocycles. The number of aromatic nitrogens is 1. The minimum atomic E-state index is -0.644. The van der Waals surface area contributed by atoms with Gasteiger partial charge >= 0.3 is 5.76 Å². The Bertz CT molecular complexity index is 800. The number of benzene rings is 2. The molecule has 0 aliphatic heterocycles. The Morgan fingerprint density at radius 3 is 2.68 bits per heavy atom. The standard InChI is InChI=1S/C17H16N2O3/c20-17-18-16(14-10-4-5-11-15(14)22-17)19-21-12-6-9-13-7-2-1-3-8-13/h1-5,7-8,10-11H,6,9,12H2,(H,18,19,20). The van der Waals surface area contributed by atoms with Crippen molar-refractivity contribution in [2.75, 3.05) is 12.1 Å². The zero-order chi connectivity index (χ0) is 15.2. The minimum Gasteiger partial charge on any atom is -0.408 e. The van der Waals surface area contributed by atoms with E-state index < -0.39 is 5.76 Å². The third kappa shape index (κ3) is 3.51. The van der Waals surface area contributed by atoms with Crippen molar-refractivity contribution in [1.82, 2.24) is 4.98 Å². The maximum absolute atomic E-state index is 11.4. The lowest BCUT2D eigenvalue weighted by atomic mass is 10.1. The van der Waals surface area contributed by atoms with Crippen LogP contribution in [0, 0.1) is 0 Å². The van der Waals surface area contributed by atoms with Crippen LogP contribution in [0.5, 0.6) is 0 Å². The third-order valence-electron chi connectivity index (χ3n) is 3.27. The average Bonchev–Trinajstić information content (AvgIpc) is 2.55. The van der Waals surface area contributed by atoms with E-state index in [9.17, 15) is 4.79 Å². The molecule has 0 bridgehead atoms. The van der Waals surface area contributed by atoms with Gasteiger partial charge in [-0.25, -0.2) is 10.3 Å². The molecule has 0 saturated heterocycles. The molecule has 0 amide bonds. The first-order valence-electron chi connectivity index (χ1n) is 7.14. The number of anilines is 1. The Kier molecular flexibility index (Phi) is 4.46. The second-order valence-corrected chi connectivity index (χ2v) is 4.86. The second-order valence-electron chi connectivity index (χ2n) is 4.86. The highest BCUT2D eigenvalue weighted by Crippen LogP contribution is 2.18. The predicted octanol–water partition coefficient (Wildman–Crippen LogP) is 3.16. The maximum Gasteiger partial charge on any atom is 0.441 e. The fraction of sp³-hybridized carbons (Fsp3) is 0.176. The summed E-state index contributed by atoms with van der Waals surface area (Å²) in [4.78, 5) is 20.6. The van der Waals surface area contributed by atoms with E-state index in [1.54, 1.807) is 12.1 Å². The Morgan fingerprint density at radius 1 is 1.05 bits per heavy atom. The number of hydrogen-bond donors (Lipinski definition) is 1. The van der Waals surface area contributed by atoms with Crippen LogP contribution in [-0.4, -0.2) is 11.6 Å². The molecule has 0 saturated carbocycles. The van der Waals surface area contributed by atoms with E-state index in [0.717, 1.165) is 12.8 Å². The Labute approximate surface area is 127 Å². The number of fused-ring (bicyclic) bond motifs is 1. The van der Waals surface area contributed by atoms with Gasteiger partial charge in [-0.15, -0.1) is 0 Å². The molecule has 2 aromatic carbocycles. The smallest absolute Gasteiger partial charge is 0.408 e. The summed E-state index contributed by atoms with van der Waals surface area (Å²) in [5, 5.41) is 0.713. The molecule has 3 aromatic rings. The highest BCUT2D eigenvalue weighted by atomic mass is 16.6. The summed E-state index contributed by atoms with van der Waals surface area (Å²) in [5.41, 5.74) is 4.50.